The fraction of sp³-hybridized carbons (Fsp3) is 0.900. The van der Waals surface area contributed by atoms with Gasteiger partial charge in [-0.25, -0.2) is 0 Å². The molecule has 3 unspecified atom stereocenters. The van der Waals surface area contributed by atoms with Gasteiger partial charge in [0.2, 0.25) is 0 Å². The summed E-state index contributed by atoms with van der Waals surface area (Å²) in [7, 11) is 0. The Morgan fingerprint density at radius 1 is 1.64 bits per heavy atom. The van der Waals surface area contributed by atoms with Crippen molar-refractivity contribution in [3.63, 3.8) is 0 Å². The van der Waals surface area contributed by atoms with Crippen LogP contribution in [0, 0.1) is 5.92 Å². The number of ether oxygens (including phenoxy) is 2. The van der Waals surface area contributed by atoms with Crippen LogP contribution in [0.3, 0.4) is 0 Å². The van der Waals surface area contributed by atoms with Crippen LogP contribution in [0.2, 0.25) is 0 Å². The van der Waals surface area contributed by atoms with Crippen molar-refractivity contribution in [3.05, 3.63) is 0 Å². The standard InChI is InChI=1S/C10H16O4/c1-2-8-6-13-10(14-8)4-3-7(5-10)9(11)12/h7-8H,2-6H2,1H3,(H,11,12). The fourth-order valence-corrected chi connectivity index (χ4v) is 2.24. The highest BCUT2D eigenvalue weighted by Gasteiger charge is 2.48. The van der Waals surface area contributed by atoms with Crippen molar-refractivity contribution < 1.29 is 19.4 Å². The molecule has 0 aromatic rings. The lowest BCUT2D eigenvalue weighted by Crippen LogP contribution is -2.28. The molecule has 1 aliphatic heterocycles. The summed E-state index contributed by atoms with van der Waals surface area (Å²) in [5, 5.41) is 8.87. The summed E-state index contributed by atoms with van der Waals surface area (Å²) in [6, 6.07) is 0. The number of aliphatic carboxylic acids is 1. The zero-order valence-corrected chi connectivity index (χ0v) is 8.36. The fourth-order valence-electron chi connectivity index (χ4n) is 2.24. The largest absolute Gasteiger partial charge is 0.481 e. The first kappa shape index (κ1) is 9.93. The van der Waals surface area contributed by atoms with Gasteiger partial charge in [-0.3, -0.25) is 4.79 Å². The first-order chi connectivity index (χ1) is 6.65. The molecule has 1 heterocycles. The summed E-state index contributed by atoms with van der Waals surface area (Å²) in [5.41, 5.74) is 0. The van der Waals surface area contributed by atoms with Gasteiger partial charge < -0.3 is 14.6 Å². The van der Waals surface area contributed by atoms with Crippen LogP contribution in [-0.2, 0) is 14.3 Å². The number of carboxylic acid groups (broad SMARTS) is 1. The Kier molecular flexibility index (Phi) is 2.49. The van der Waals surface area contributed by atoms with E-state index < -0.39 is 11.8 Å². The molecule has 1 saturated carbocycles. The van der Waals surface area contributed by atoms with Crippen LogP contribution in [0.15, 0.2) is 0 Å². The third kappa shape index (κ3) is 1.64. The van der Waals surface area contributed by atoms with Crippen LogP contribution < -0.4 is 0 Å². The second kappa shape index (κ2) is 3.51. The predicted molar refractivity (Wildman–Crippen MR) is 48.8 cm³/mol. The molecule has 2 rings (SSSR count). The molecule has 0 bridgehead atoms. The molecule has 1 spiro atoms. The molecule has 0 aromatic heterocycles. The van der Waals surface area contributed by atoms with Crippen LogP contribution in [0.1, 0.15) is 32.6 Å². The topological polar surface area (TPSA) is 55.8 Å². The highest BCUT2D eigenvalue weighted by atomic mass is 16.7. The number of carbonyl (C=O) groups is 1. The number of hydrogen-bond donors (Lipinski definition) is 1. The van der Waals surface area contributed by atoms with E-state index >= 15 is 0 Å². The van der Waals surface area contributed by atoms with Crippen molar-refractivity contribution in [2.24, 2.45) is 5.92 Å². The maximum absolute atomic E-state index is 10.8. The van der Waals surface area contributed by atoms with Crippen molar-refractivity contribution in [2.45, 2.75) is 44.5 Å². The molecular formula is C10H16O4. The molecule has 1 N–H and O–H groups in total. The Hall–Kier alpha value is -0.610. The van der Waals surface area contributed by atoms with Gasteiger partial charge in [-0.1, -0.05) is 6.92 Å². The summed E-state index contributed by atoms with van der Waals surface area (Å²) in [5.74, 6) is -1.58. The molecule has 0 radical (unpaired) electrons. The minimum Gasteiger partial charge on any atom is -0.481 e. The van der Waals surface area contributed by atoms with Gasteiger partial charge in [0.1, 0.15) is 0 Å². The lowest BCUT2D eigenvalue weighted by molar-refractivity contribution is -0.168. The lowest BCUT2D eigenvalue weighted by Gasteiger charge is -2.22. The Morgan fingerprint density at radius 2 is 2.43 bits per heavy atom. The zero-order chi connectivity index (χ0) is 10.2. The van der Waals surface area contributed by atoms with Crippen LogP contribution in [0.5, 0.6) is 0 Å². The average molecular weight is 200 g/mol. The third-order valence-corrected chi connectivity index (χ3v) is 3.15. The van der Waals surface area contributed by atoms with E-state index in [1.54, 1.807) is 0 Å². The molecular weight excluding hydrogens is 184 g/mol. The Labute approximate surface area is 83.2 Å². The van der Waals surface area contributed by atoms with Crippen molar-refractivity contribution in [1.29, 1.82) is 0 Å². The van der Waals surface area contributed by atoms with E-state index in [0.29, 0.717) is 19.4 Å². The molecule has 2 aliphatic rings. The summed E-state index contributed by atoms with van der Waals surface area (Å²) >= 11 is 0. The van der Waals surface area contributed by atoms with Gasteiger partial charge in [0.05, 0.1) is 18.6 Å². The SMILES string of the molecule is CCC1COC2(CCC(C(=O)O)C2)O1. The zero-order valence-electron chi connectivity index (χ0n) is 8.36. The summed E-state index contributed by atoms with van der Waals surface area (Å²) in [4.78, 5) is 10.8. The van der Waals surface area contributed by atoms with Crippen LogP contribution in [0.4, 0.5) is 0 Å². The van der Waals surface area contributed by atoms with Gasteiger partial charge in [0.15, 0.2) is 5.79 Å². The van der Waals surface area contributed by atoms with E-state index in [2.05, 4.69) is 6.92 Å². The third-order valence-electron chi connectivity index (χ3n) is 3.15. The Morgan fingerprint density at radius 3 is 2.93 bits per heavy atom. The number of rotatable bonds is 2. The molecule has 0 amide bonds. The summed E-state index contributed by atoms with van der Waals surface area (Å²) in [6.07, 6.45) is 2.99. The van der Waals surface area contributed by atoms with Gasteiger partial charge in [0.25, 0.3) is 0 Å². The van der Waals surface area contributed by atoms with E-state index in [1.807, 2.05) is 0 Å². The van der Waals surface area contributed by atoms with E-state index in [0.717, 1.165) is 12.8 Å². The van der Waals surface area contributed by atoms with E-state index in [4.69, 9.17) is 14.6 Å². The van der Waals surface area contributed by atoms with Crippen LogP contribution >= 0.6 is 0 Å². The molecule has 0 aromatic carbocycles. The van der Waals surface area contributed by atoms with Gasteiger partial charge in [-0.15, -0.1) is 0 Å². The molecule has 2 fully saturated rings. The van der Waals surface area contributed by atoms with E-state index in [1.165, 1.54) is 0 Å². The Bertz CT molecular complexity index is 240. The highest BCUT2D eigenvalue weighted by molar-refractivity contribution is 5.70. The van der Waals surface area contributed by atoms with Crippen molar-refractivity contribution in [2.75, 3.05) is 6.61 Å². The molecule has 3 atom stereocenters. The van der Waals surface area contributed by atoms with Crippen molar-refractivity contribution in [3.8, 4) is 0 Å². The van der Waals surface area contributed by atoms with E-state index in [-0.39, 0.29) is 12.0 Å². The monoisotopic (exact) mass is 200 g/mol. The van der Waals surface area contributed by atoms with Crippen molar-refractivity contribution >= 4 is 5.97 Å². The molecule has 1 saturated heterocycles. The average Bonchev–Trinajstić information content (AvgIpc) is 2.74. The maximum atomic E-state index is 10.8. The molecule has 80 valence electrons. The van der Waals surface area contributed by atoms with Crippen LogP contribution in [-0.4, -0.2) is 29.6 Å². The summed E-state index contributed by atoms with van der Waals surface area (Å²) < 4.78 is 11.4. The van der Waals surface area contributed by atoms with Gasteiger partial charge in [0, 0.05) is 12.8 Å². The maximum Gasteiger partial charge on any atom is 0.306 e. The number of carboxylic acids is 1. The quantitative estimate of drug-likeness (QED) is 0.731. The first-order valence-corrected chi connectivity index (χ1v) is 5.20. The summed E-state index contributed by atoms with van der Waals surface area (Å²) in [6.45, 7) is 2.67. The normalized spacial score (nSPS) is 42.1. The lowest BCUT2D eigenvalue weighted by atomic mass is 10.1. The smallest absolute Gasteiger partial charge is 0.306 e. The second-order valence-corrected chi connectivity index (χ2v) is 4.15. The Balaban J connectivity index is 1.97. The highest BCUT2D eigenvalue weighted by Crippen LogP contribution is 2.42. The van der Waals surface area contributed by atoms with Crippen LogP contribution in [0.25, 0.3) is 0 Å². The molecule has 1 aliphatic carbocycles. The second-order valence-electron chi connectivity index (χ2n) is 4.15. The minimum atomic E-state index is -0.728. The number of hydrogen-bond acceptors (Lipinski definition) is 3. The molecule has 4 heteroatoms. The van der Waals surface area contributed by atoms with Gasteiger partial charge in [-0.05, 0) is 12.8 Å². The van der Waals surface area contributed by atoms with Gasteiger partial charge in [-0.2, -0.15) is 0 Å². The molecule has 4 nitrogen and oxygen atoms in total. The molecule has 14 heavy (non-hydrogen) atoms. The predicted octanol–water partition coefficient (Wildman–Crippen LogP) is 1.39. The van der Waals surface area contributed by atoms with Gasteiger partial charge >= 0.3 is 5.97 Å². The van der Waals surface area contributed by atoms with E-state index in [9.17, 15) is 4.79 Å². The first-order valence-electron chi connectivity index (χ1n) is 5.20. The minimum absolute atomic E-state index is 0.155. The van der Waals surface area contributed by atoms with Crippen molar-refractivity contribution in [1.82, 2.24) is 0 Å².